The third-order valence-electron chi connectivity index (χ3n) is 4.06. The van der Waals surface area contributed by atoms with Crippen molar-refractivity contribution in [2.45, 2.75) is 32.5 Å². The van der Waals surface area contributed by atoms with Crippen LogP contribution in [0.5, 0.6) is 11.5 Å². The average molecular weight is 351 g/mol. The van der Waals surface area contributed by atoms with E-state index in [0.717, 1.165) is 28.4 Å². The molecule has 0 aliphatic heterocycles. The van der Waals surface area contributed by atoms with Gasteiger partial charge in [0.15, 0.2) is 11.5 Å². The molecule has 4 heteroatoms. The predicted molar refractivity (Wildman–Crippen MR) is 103 cm³/mol. The van der Waals surface area contributed by atoms with Crippen LogP contribution in [0.4, 0.5) is 0 Å². The molecule has 0 aliphatic carbocycles. The summed E-state index contributed by atoms with van der Waals surface area (Å²) in [5.41, 5.74) is 2.28. The monoisotopic (exact) mass is 351 g/mol. The van der Waals surface area contributed by atoms with Crippen LogP contribution in [-0.4, -0.2) is 13.2 Å². The van der Waals surface area contributed by atoms with E-state index >= 15 is 0 Å². The molecule has 0 aliphatic rings. The van der Waals surface area contributed by atoms with Crippen LogP contribution in [0.3, 0.4) is 0 Å². The van der Waals surface area contributed by atoms with Gasteiger partial charge in [0, 0.05) is 6.54 Å². The van der Waals surface area contributed by atoms with Crippen molar-refractivity contribution in [3.63, 3.8) is 0 Å². The molecule has 0 fully saturated rings. The van der Waals surface area contributed by atoms with Gasteiger partial charge in [0.25, 0.3) is 0 Å². The molecule has 0 bridgehead atoms. The zero-order chi connectivity index (χ0) is 18.4. The molecule has 3 rings (SSSR count). The number of hydrogen-bond donors (Lipinski definition) is 1. The maximum atomic E-state index is 5.78. The van der Waals surface area contributed by atoms with Gasteiger partial charge in [-0.05, 0) is 49.2 Å². The second kappa shape index (κ2) is 8.59. The largest absolute Gasteiger partial charge is 0.493 e. The third kappa shape index (κ3) is 4.46. The van der Waals surface area contributed by atoms with Crippen LogP contribution in [-0.2, 0) is 6.54 Å². The molecule has 136 valence electrons. The molecule has 26 heavy (non-hydrogen) atoms. The van der Waals surface area contributed by atoms with Crippen LogP contribution in [0.25, 0.3) is 0 Å². The van der Waals surface area contributed by atoms with Gasteiger partial charge in [-0.2, -0.15) is 0 Å². The maximum absolute atomic E-state index is 5.78. The Labute approximate surface area is 154 Å². The summed E-state index contributed by atoms with van der Waals surface area (Å²) >= 11 is 0. The Bertz CT molecular complexity index is 798. The Balaban J connectivity index is 1.77. The fourth-order valence-electron chi connectivity index (χ4n) is 2.88. The van der Waals surface area contributed by atoms with Gasteiger partial charge in [0.05, 0.1) is 25.5 Å². The van der Waals surface area contributed by atoms with Gasteiger partial charge in [-0.1, -0.05) is 36.4 Å². The van der Waals surface area contributed by atoms with Gasteiger partial charge in [-0.15, -0.1) is 0 Å². The predicted octanol–water partition coefficient (Wildman–Crippen LogP) is 4.95. The van der Waals surface area contributed by atoms with Crippen LogP contribution < -0.4 is 14.8 Å². The van der Waals surface area contributed by atoms with Gasteiger partial charge in [0.2, 0.25) is 0 Å². The topological polar surface area (TPSA) is 43.6 Å². The van der Waals surface area contributed by atoms with Crippen molar-refractivity contribution in [2.24, 2.45) is 0 Å². The van der Waals surface area contributed by atoms with Crippen LogP contribution in [0.2, 0.25) is 0 Å². The van der Waals surface area contributed by atoms with Crippen LogP contribution >= 0.6 is 0 Å². The molecule has 1 unspecified atom stereocenters. The average Bonchev–Trinajstić information content (AvgIpc) is 3.18. The Kier molecular flexibility index (Phi) is 5.97. The Morgan fingerprint density at radius 1 is 0.962 bits per heavy atom. The third-order valence-corrected chi connectivity index (χ3v) is 4.06. The minimum absolute atomic E-state index is 0.0104. The highest BCUT2D eigenvalue weighted by atomic mass is 16.5. The molecule has 1 N–H and O–H groups in total. The van der Waals surface area contributed by atoms with E-state index in [0.29, 0.717) is 6.54 Å². The first-order valence-electron chi connectivity index (χ1n) is 8.82. The normalized spacial score (nSPS) is 12.2. The molecule has 0 saturated carbocycles. The molecule has 2 aromatic carbocycles. The second-order valence-corrected chi connectivity index (χ2v) is 6.39. The van der Waals surface area contributed by atoms with Gasteiger partial charge < -0.3 is 13.9 Å². The van der Waals surface area contributed by atoms with Gasteiger partial charge in [-0.25, -0.2) is 0 Å². The lowest BCUT2D eigenvalue weighted by Crippen LogP contribution is -2.21. The Morgan fingerprint density at radius 3 is 2.42 bits per heavy atom. The summed E-state index contributed by atoms with van der Waals surface area (Å²) in [6, 6.07) is 20.2. The van der Waals surface area contributed by atoms with Crippen LogP contribution in [0, 0.1) is 0 Å². The van der Waals surface area contributed by atoms with Crippen molar-refractivity contribution >= 4 is 0 Å². The first-order valence-corrected chi connectivity index (χ1v) is 8.82. The number of hydrogen-bond acceptors (Lipinski definition) is 4. The fourth-order valence-corrected chi connectivity index (χ4v) is 2.88. The quantitative estimate of drug-likeness (QED) is 0.623. The standard InChI is InChI=1S/C22H25NO3/c1-16(2)26-19-12-11-17(14-21(19)24-3)15-23-22(20-10-7-13-25-20)18-8-5-4-6-9-18/h4-14,16,22-23H,15H2,1-3H3. The van der Waals surface area contributed by atoms with E-state index in [1.807, 2.05) is 56.3 Å². The summed E-state index contributed by atoms with van der Waals surface area (Å²) in [4.78, 5) is 0. The molecule has 0 radical (unpaired) electrons. The van der Waals surface area contributed by atoms with Crippen molar-refractivity contribution in [3.8, 4) is 11.5 Å². The highest BCUT2D eigenvalue weighted by Crippen LogP contribution is 2.29. The van der Waals surface area contributed by atoms with E-state index in [1.54, 1.807) is 13.4 Å². The van der Waals surface area contributed by atoms with Crippen LogP contribution in [0.1, 0.15) is 36.8 Å². The molecular weight excluding hydrogens is 326 g/mol. The lowest BCUT2D eigenvalue weighted by molar-refractivity contribution is 0.230. The Morgan fingerprint density at radius 2 is 1.77 bits per heavy atom. The molecular formula is C22H25NO3. The lowest BCUT2D eigenvalue weighted by Gasteiger charge is -2.18. The van der Waals surface area contributed by atoms with E-state index in [1.165, 1.54) is 0 Å². The summed E-state index contributed by atoms with van der Waals surface area (Å²) in [6.07, 6.45) is 1.81. The van der Waals surface area contributed by atoms with Gasteiger partial charge in [-0.3, -0.25) is 5.32 Å². The van der Waals surface area contributed by atoms with E-state index < -0.39 is 0 Å². The number of nitrogens with one attached hydrogen (secondary N) is 1. The summed E-state index contributed by atoms with van der Waals surface area (Å²) in [5.74, 6) is 2.40. The molecule has 1 aromatic heterocycles. The summed E-state index contributed by atoms with van der Waals surface area (Å²) < 4.78 is 16.9. The number of ether oxygens (including phenoxy) is 2. The van der Waals surface area contributed by atoms with E-state index in [2.05, 4.69) is 23.5 Å². The first-order chi connectivity index (χ1) is 12.7. The zero-order valence-corrected chi connectivity index (χ0v) is 15.4. The highest BCUT2D eigenvalue weighted by Gasteiger charge is 2.16. The number of furan rings is 1. The lowest BCUT2D eigenvalue weighted by atomic mass is 10.0. The fraction of sp³-hybridized carbons (Fsp3) is 0.273. The SMILES string of the molecule is COc1cc(CNC(c2ccccc2)c2ccco2)ccc1OC(C)C. The number of methoxy groups -OCH3 is 1. The molecule has 0 amide bonds. The van der Waals surface area contributed by atoms with Crippen molar-refractivity contribution in [3.05, 3.63) is 83.8 Å². The second-order valence-electron chi connectivity index (χ2n) is 6.39. The minimum Gasteiger partial charge on any atom is -0.493 e. The molecule has 1 atom stereocenters. The summed E-state index contributed by atoms with van der Waals surface area (Å²) in [5, 5.41) is 3.58. The first kappa shape index (κ1) is 18.1. The minimum atomic E-state index is -0.0104. The van der Waals surface area contributed by atoms with Crippen molar-refractivity contribution < 1.29 is 13.9 Å². The van der Waals surface area contributed by atoms with Crippen molar-refractivity contribution in [2.75, 3.05) is 7.11 Å². The summed E-state index contributed by atoms with van der Waals surface area (Å²) in [6.45, 7) is 4.68. The molecule has 1 heterocycles. The molecule has 3 aromatic rings. The summed E-state index contributed by atoms with van der Waals surface area (Å²) in [7, 11) is 1.66. The van der Waals surface area contributed by atoms with Crippen molar-refractivity contribution in [1.29, 1.82) is 0 Å². The van der Waals surface area contributed by atoms with E-state index in [-0.39, 0.29) is 12.1 Å². The highest BCUT2D eigenvalue weighted by molar-refractivity contribution is 5.43. The molecule has 4 nitrogen and oxygen atoms in total. The molecule has 0 saturated heterocycles. The van der Waals surface area contributed by atoms with E-state index in [4.69, 9.17) is 13.9 Å². The van der Waals surface area contributed by atoms with Crippen molar-refractivity contribution in [1.82, 2.24) is 5.32 Å². The van der Waals surface area contributed by atoms with Gasteiger partial charge >= 0.3 is 0 Å². The van der Waals surface area contributed by atoms with Crippen LogP contribution in [0.15, 0.2) is 71.3 Å². The zero-order valence-electron chi connectivity index (χ0n) is 15.4. The van der Waals surface area contributed by atoms with Gasteiger partial charge in [0.1, 0.15) is 5.76 Å². The maximum Gasteiger partial charge on any atom is 0.161 e. The smallest absolute Gasteiger partial charge is 0.161 e. The van der Waals surface area contributed by atoms with E-state index in [9.17, 15) is 0 Å². The number of benzene rings is 2. The molecule has 0 spiro atoms. The number of rotatable bonds is 8. The Hall–Kier alpha value is -2.72.